The van der Waals surface area contributed by atoms with E-state index in [0.29, 0.717) is 0 Å². The third kappa shape index (κ3) is 7.33. The number of carbonyl (C=O) groups is 2. The van der Waals surface area contributed by atoms with Gasteiger partial charge in [-0.05, 0) is 0 Å². The minimum atomic E-state index is -3.16. The SMILES string of the molecule is O=C(O)CC(O)(O)C(=O)O.[NaH].[SbH3]. The monoisotopic (exact) mass is 298 g/mol. The van der Waals surface area contributed by atoms with Crippen molar-refractivity contribution in [3.05, 3.63) is 0 Å². The molecule has 0 saturated heterocycles. The number of hydrogen-bond donors (Lipinski definition) is 4. The first kappa shape index (κ1) is 18.5. The van der Waals surface area contributed by atoms with E-state index in [1.165, 1.54) is 0 Å². The van der Waals surface area contributed by atoms with Crippen molar-refractivity contribution < 1.29 is 30.0 Å². The Morgan fingerprint density at radius 2 is 1.50 bits per heavy atom. The van der Waals surface area contributed by atoms with Gasteiger partial charge >= 0.3 is 65.9 Å². The zero-order chi connectivity index (χ0) is 8.36. The predicted octanol–water partition coefficient (Wildman–Crippen LogP) is -3.61. The van der Waals surface area contributed by atoms with Crippen LogP contribution in [0.3, 0.4) is 0 Å². The van der Waals surface area contributed by atoms with Crippen LogP contribution in [0.2, 0.25) is 0 Å². The Balaban J connectivity index is -0.000000405. The molecule has 0 aliphatic carbocycles. The molecule has 0 atom stereocenters. The molecule has 0 aromatic heterocycles. The Morgan fingerprint density at radius 1 is 1.17 bits per heavy atom. The Labute approximate surface area is 107 Å². The molecule has 12 heavy (non-hydrogen) atoms. The predicted molar refractivity (Wildman–Crippen MR) is 44.1 cm³/mol. The van der Waals surface area contributed by atoms with Crippen LogP contribution >= 0.6 is 0 Å². The molecule has 4 N–H and O–H groups in total. The molecule has 8 heteroatoms. The number of carboxylic acids is 2. The van der Waals surface area contributed by atoms with E-state index in [9.17, 15) is 9.59 Å². The summed E-state index contributed by atoms with van der Waals surface area (Å²) in [4.78, 5) is 19.5. The molecule has 0 aliphatic rings. The summed E-state index contributed by atoms with van der Waals surface area (Å²) in [6, 6.07) is 0. The van der Waals surface area contributed by atoms with Crippen molar-refractivity contribution in [2.45, 2.75) is 12.2 Å². The zero-order valence-corrected chi connectivity index (χ0v) is 9.56. The van der Waals surface area contributed by atoms with Crippen LogP contribution in [-0.2, 0) is 9.59 Å². The second-order valence-corrected chi connectivity index (χ2v) is 1.69. The molecule has 0 saturated carbocycles. The van der Waals surface area contributed by atoms with Crippen molar-refractivity contribution in [3.8, 4) is 0 Å². The van der Waals surface area contributed by atoms with Crippen LogP contribution in [0.4, 0.5) is 0 Å². The molecular weight excluding hydrogens is 289 g/mol. The first-order chi connectivity index (χ1) is 4.36. The van der Waals surface area contributed by atoms with Gasteiger partial charge in [-0.2, -0.15) is 0 Å². The molecular formula is C4H10NaO6Sb. The van der Waals surface area contributed by atoms with Gasteiger partial charge in [0.15, 0.2) is 0 Å². The zero-order valence-electron chi connectivity index (χ0n) is 5.52. The number of rotatable bonds is 3. The molecule has 0 aliphatic heterocycles. The summed E-state index contributed by atoms with van der Waals surface area (Å²) < 4.78 is 0. The fraction of sp³-hybridized carbons (Fsp3) is 0.500. The van der Waals surface area contributed by atoms with Crippen molar-refractivity contribution in [2.24, 2.45) is 0 Å². The Hall–Kier alpha value is 0.678. The maximum atomic E-state index is 9.79. The number of hydrogen-bond acceptors (Lipinski definition) is 4. The quantitative estimate of drug-likeness (QED) is 0.316. The second-order valence-electron chi connectivity index (χ2n) is 1.69. The average Bonchev–Trinajstić information content (AvgIpc) is 1.60. The van der Waals surface area contributed by atoms with Crippen molar-refractivity contribution in [1.29, 1.82) is 0 Å². The first-order valence-electron chi connectivity index (χ1n) is 2.26. The van der Waals surface area contributed by atoms with Gasteiger partial charge in [-0.15, -0.1) is 0 Å². The van der Waals surface area contributed by atoms with Crippen LogP contribution in [0, 0.1) is 0 Å². The third-order valence-corrected chi connectivity index (χ3v) is 0.740. The summed E-state index contributed by atoms with van der Waals surface area (Å²) in [6.45, 7) is 0. The molecule has 0 radical (unpaired) electrons. The van der Waals surface area contributed by atoms with Gasteiger partial charge in [0.25, 0.3) is 5.79 Å². The molecule has 0 rings (SSSR count). The van der Waals surface area contributed by atoms with Gasteiger partial charge in [-0.25, -0.2) is 4.79 Å². The van der Waals surface area contributed by atoms with Gasteiger partial charge in [-0.3, -0.25) is 4.79 Å². The maximum absolute atomic E-state index is 9.79. The molecule has 0 unspecified atom stereocenters. The van der Waals surface area contributed by atoms with Crippen LogP contribution < -0.4 is 0 Å². The molecule has 0 fully saturated rings. The summed E-state index contributed by atoms with van der Waals surface area (Å²) in [7, 11) is 0. The molecule has 0 heterocycles. The Morgan fingerprint density at radius 3 is 1.58 bits per heavy atom. The average molecular weight is 299 g/mol. The topological polar surface area (TPSA) is 115 Å². The molecule has 0 amide bonds. The van der Waals surface area contributed by atoms with E-state index in [1.807, 2.05) is 0 Å². The normalized spacial score (nSPS) is 9.17. The van der Waals surface area contributed by atoms with Crippen molar-refractivity contribution in [3.63, 3.8) is 0 Å². The van der Waals surface area contributed by atoms with Crippen molar-refractivity contribution >= 4 is 65.9 Å². The fourth-order valence-corrected chi connectivity index (χ4v) is 0.286. The Kier molecular flexibility index (Phi) is 10.9. The van der Waals surface area contributed by atoms with Crippen LogP contribution in [0.1, 0.15) is 6.42 Å². The third-order valence-electron chi connectivity index (χ3n) is 0.740. The van der Waals surface area contributed by atoms with Gasteiger partial charge in [0, 0.05) is 0 Å². The van der Waals surface area contributed by atoms with E-state index < -0.39 is 24.1 Å². The second kappa shape index (κ2) is 7.12. The van der Waals surface area contributed by atoms with Crippen molar-refractivity contribution in [2.75, 3.05) is 0 Å². The number of aliphatic carboxylic acids is 2. The molecule has 0 spiro atoms. The van der Waals surface area contributed by atoms with Crippen LogP contribution in [0.15, 0.2) is 0 Å². The van der Waals surface area contributed by atoms with E-state index in [2.05, 4.69) is 0 Å². The van der Waals surface area contributed by atoms with Gasteiger partial charge in [0.1, 0.15) is 6.42 Å². The molecule has 0 bridgehead atoms. The van der Waals surface area contributed by atoms with Gasteiger partial charge < -0.3 is 20.4 Å². The molecule has 0 aromatic carbocycles. The Bertz CT molecular complexity index is 169. The van der Waals surface area contributed by atoms with E-state index >= 15 is 0 Å². The van der Waals surface area contributed by atoms with Crippen molar-refractivity contribution in [1.82, 2.24) is 0 Å². The van der Waals surface area contributed by atoms with Gasteiger partial charge in [0.2, 0.25) is 0 Å². The summed E-state index contributed by atoms with van der Waals surface area (Å²) in [5, 5.41) is 32.5. The van der Waals surface area contributed by atoms with E-state index in [-0.39, 0.29) is 54.0 Å². The molecule has 0 aromatic rings. The summed E-state index contributed by atoms with van der Waals surface area (Å²) >= 11 is 0. The van der Waals surface area contributed by atoms with Crippen LogP contribution in [0.5, 0.6) is 0 Å². The summed E-state index contributed by atoms with van der Waals surface area (Å²) in [5.41, 5.74) is 0. The summed E-state index contributed by atoms with van der Waals surface area (Å²) in [6.07, 6.45) is -1.23. The van der Waals surface area contributed by atoms with Gasteiger partial charge in [0.05, 0.1) is 0 Å². The van der Waals surface area contributed by atoms with Crippen LogP contribution in [0.25, 0.3) is 0 Å². The minimum absolute atomic E-state index is 0. The van der Waals surface area contributed by atoms with E-state index in [4.69, 9.17) is 20.4 Å². The number of carboxylic acid groups (broad SMARTS) is 2. The standard InChI is InChI=1S/C4H6O6.Na.Sb.4H/c5-2(6)1-4(9,10)3(7)8;;;;;;/h9-10H,1H2,(H,5,6)(H,7,8);;;;;;. The van der Waals surface area contributed by atoms with Crippen LogP contribution in [-0.4, -0.2) is 92.1 Å². The van der Waals surface area contributed by atoms with E-state index in [0.717, 1.165) is 0 Å². The fourth-order valence-electron chi connectivity index (χ4n) is 0.286. The summed E-state index contributed by atoms with van der Waals surface area (Å²) in [5.74, 6) is -6.73. The molecule has 68 valence electrons. The van der Waals surface area contributed by atoms with E-state index in [1.54, 1.807) is 0 Å². The number of aliphatic hydroxyl groups is 2. The molecule has 6 nitrogen and oxygen atoms in total. The van der Waals surface area contributed by atoms with Gasteiger partial charge in [-0.1, -0.05) is 0 Å². The first-order valence-corrected chi connectivity index (χ1v) is 2.26.